The zero-order chi connectivity index (χ0) is 24.4. The molecule has 1 aromatic heterocycles. The van der Waals surface area contributed by atoms with E-state index in [0.29, 0.717) is 0 Å². The summed E-state index contributed by atoms with van der Waals surface area (Å²) in [4.78, 5) is 4.91. The zero-order valence-electron chi connectivity index (χ0n) is 22.5. The minimum absolute atomic E-state index is 0.0820. The van der Waals surface area contributed by atoms with Crippen LogP contribution in [0.2, 0.25) is 18.1 Å². The fraction of sp³-hybridized carbons (Fsp3) is 0.516. The molecule has 33 heavy (non-hydrogen) atoms. The summed E-state index contributed by atoms with van der Waals surface area (Å²) in [6.45, 7) is 21.4. The van der Waals surface area contributed by atoms with Crippen LogP contribution in [-0.4, -0.2) is 13.1 Å². The molecule has 1 heterocycles. The van der Waals surface area contributed by atoms with Gasteiger partial charge in [-0.15, -0.1) is 0 Å². The molecule has 0 aliphatic carbocycles. The minimum atomic E-state index is -1.67. The van der Waals surface area contributed by atoms with Gasteiger partial charge in [-0.05, 0) is 63.8 Å². The van der Waals surface area contributed by atoms with E-state index in [1.165, 1.54) is 40.0 Å². The van der Waals surface area contributed by atoms with Crippen molar-refractivity contribution in [2.24, 2.45) is 17.8 Å². The molecule has 0 unspecified atom stereocenters. The van der Waals surface area contributed by atoms with Crippen LogP contribution in [-0.2, 0) is 5.41 Å². The van der Waals surface area contributed by atoms with E-state index in [-0.39, 0.29) is 5.41 Å². The maximum absolute atomic E-state index is 4.91. The highest BCUT2D eigenvalue weighted by Crippen LogP contribution is 2.36. The number of hydrogen-bond acceptors (Lipinski definition) is 1. The van der Waals surface area contributed by atoms with E-state index in [1.54, 1.807) is 5.19 Å². The predicted molar refractivity (Wildman–Crippen MR) is 150 cm³/mol. The van der Waals surface area contributed by atoms with Crippen LogP contribution < -0.4 is 5.19 Å². The summed E-state index contributed by atoms with van der Waals surface area (Å²) in [6, 6.07) is 22.4. The van der Waals surface area contributed by atoms with Gasteiger partial charge in [0.15, 0.2) is 0 Å². The first-order valence-corrected chi connectivity index (χ1v) is 15.5. The van der Waals surface area contributed by atoms with Gasteiger partial charge in [0.05, 0.1) is 13.8 Å². The minimum Gasteiger partial charge on any atom is -0.256 e. The molecule has 0 fully saturated rings. The second kappa shape index (κ2) is 10.1. The Kier molecular flexibility index (Phi) is 7.89. The summed E-state index contributed by atoms with van der Waals surface area (Å²) in [6.07, 6.45) is 2.08. The lowest BCUT2D eigenvalue weighted by Gasteiger charge is -2.37. The van der Waals surface area contributed by atoms with Crippen LogP contribution >= 0.6 is 0 Å². The first-order chi connectivity index (χ1) is 15.4. The number of fused-ring (bicyclic) bond motifs is 1. The fourth-order valence-corrected chi connectivity index (χ4v) is 12.7. The lowest BCUT2D eigenvalue weighted by molar-refractivity contribution is 0.596. The second-order valence-corrected chi connectivity index (χ2v) is 16.9. The maximum atomic E-state index is 4.91. The van der Waals surface area contributed by atoms with Gasteiger partial charge in [-0.1, -0.05) is 110 Å². The summed E-state index contributed by atoms with van der Waals surface area (Å²) in [7, 11) is -1.67. The van der Waals surface area contributed by atoms with E-state index in [4.69, 9.17) is 4.98 Å². The van der Waals surface area contributed by atoms with Crippen molar-refractivity contribution in [3.63, 3.8) is 0 Å². The van der Waals surface area contributed by atoms with E-state index in [0.717, 1.165) is 23.4 Å². The van der Waals surface area contributed by atoms with Gasteiger partial charge in [0, 0.05) is 11.8 Å². The molecule has 0 saturated carbocycles. The molecule has 1 nitrogen and oxygen atoms in total. The third-order valence-electron chi connectivity index (χ3n) is 6.73. The molecule has 2 heteroatoms. The Labute approximate surface area is 204 Å². The van der Waals surface area contributed by atoms with Crippen LogP contribution in [0.5, 0.6) is 0 Å². The highest BCUT2D eigenvalue weighted by atomic mass is 28.3. The topological polar surface area (TPSA) is 12.9 Å². The Bertz CT molecular complexity index is 1050. The van der Waals surface area contributed by atoms with Crippen LogP contribution in [0.4, 0.5) is 0 Å². The average molecular weight is 460 g/mol. The molecule has 0 atom stereocenters. The van der Waals surface area contributed by atoms with Crippen molar-refractivity contribution < 1.29 is 0 Å². The first kappa shape index (κ1) is 25.7. The van der Waals surface area contributed by atoms with Crippen LogP contribution in [0.25, 0.3) is 22.0 Å². The number of aromatic nitrogens is 1. The van der Waals surface area contributed by atoms with Crippen molar-refractivity contribution >= 4 is 24.0 Å². The van der Waals surface area contributed by atoms with Gasteiger partial charge in [-0.2, -0.15) is 0 Å². The molecule has 0 N–H and O–H groups in total. The molecular weight excluding hydrogens is 414 g/mol. The molecule has 3 rings (SSSR count). The van der Waals surface area contributed by atoms with Crippen molar-refractivity contribution in [1.82, 2.24) is 4.98 Å². The van der Waals surface area contributed by atoms with Gasteiger partial charge < -0.3 is 0 Å². The molecule has 0 aliphatic heterocycles. The van der Waals surface area contributed by atoms with Crippen molar-refractivity contribution in [3.8, 4) is 11.3 Å². The fourth-order valence-electron chi connectivity index (χ4n) is 5.95. The van der Waals surface area contributed by atoms with Crippen molar-refractivity contribution in [2.45, 2.75) is 85.9 Å². The number of benzene rings is 2. The molecule has 3 aromatic rings. The lowest BCUT2D eigenvalue weighted by Crippen LogP contribution is -2.50. The number of pyridine rings is 1. The van der Waals surface area contributed by atoms with Gasteiger partial charge in [0.2, 0.25) is 0 Å². The third-order valence-corrected chi connectivity index (χ3v) is 13.1. The quantitative estimate of drug-likeness (QED) is 0.307. The highest BCUT2D eigenvalue weighted by molar-refractivity contribution is 6.92. The van der Waals surface area contributed by atoms with Crippen LogP contribution in [0.3, 0.4) is 0 Å². The monoisotopic (exact) mass is 459 g/mol. The first-order valence-electron chi connectivity index (χ1n) is 12.9. The molecule has 0 aliphatic rings. The second-order valence-electron chi connectivity index (χ2n) is 12.5. The van der Waals surface area contributed by atoms with Gasteiger partial charge >= 0.3 is 0 Å². The van der Waals surface area contributed by atoms with Crippen molar-refractivity contribution in [1.29, 1.82) is 0 Å². The van der Waals surface area contributed by atoms with Crippen LogP contribution in [0.15, 0.2) is 54.7 Å². The summed E-state index contributed by atoms with van der Waals surface area (Å²) < 4.78 is 0. The van der Waals surface area contributed by atoms with Crippen molar-refractivity contribution in [2.75, 3.05) is 0 Å². The van der Waals surface area contributed by atoms with E-state index in [9.17, 15) is 0 Å². The van der Waals surface area contributed by atoms with E-state index in [2.05, 4.69) is 117 Å². The maximum Gasteiger partial charge on any atom is 0.0876 e. The Balaban J connectivity index is 2.20. The van der Waals surface area contributed by atoms with Gasteiger partial charge in [0.25, 0.3) is 0 Å². The molecule has 0 spiro atoms. The summed E-state index contributed by atoms with van der Waals surface area (Å²) in [5.41, 5.74) is 3.87. The molecule has 0 amide bonds. The smallest absolute Gasteiger partial charge is 0.0876 e. The molecule has 0 saturated heterocycles. The van der Waals surface area contributed by atoms with Gasteiger partial charge in [0.1, 0.15) is 0 Å². The Morgan fingerprint density at radius 3 is 1.88 bits per heavy atom. The van der Waals surface area contributed by atoms with Crippen LogP contribution in [0, 0.1) is 17.8 Å². The molecule has 0 radical (unpaired) electrons. The predicted octanol–water partition coefficient (Wildman–Crippen LogP) is 8.82. The van der Waals surface area contributed by atoms with E-state index < -0.39 is 8.07 Å². The van der Waals surface area contributed by atoms with Crippen molar-refractivity contribution in [3.05, 3.63) is 60.3 Å². The molecular formula is C31H45NSi. The molecule has 0 bridgehead atoms. The summed E-state index contributed by atoms with van der Waals surface area (Å²) in [5, 5.41) is 4.27. The summed E-state index contributed by atoms with van der Waals surface area (Å²) in [5.74, 6) is 2.16. The number of nitrogens with zero attached hydrogens (tertiary/aromatic N) is 1. The van der Waals surface area contributed by atoms with E-state index >= 15 is 0 Å². The number of hydrogen-bond donors (Lipinski definition) is 0. The molecule has 178 valence electrons. The standard InChI is InChI=1S/C31H45NSi/c1-22(2)19-33(20-23(3)4,21-24(5)6)27-14-15-32-30(18-27)26-16-25-12-10-11-13-28(25)29(17-26)31(7,8)9/h10-18,22-24H,19-21H2,1-9H3. The third kappa shape index (κ3) is 6.15. The Morgan fingerprint density at radius 2 is 1.33 bits per heavy atom. The van der Waals surface area contributed by atoms with E-state index in [1.807, 2.05) is 0 Å². The Hall–Kier alpha value is -1.93. The Morgan fingerprint density at radius 1 is 0.758 bits per heavy atom. The largest absolute Gasteiger partial charge is 0.256 e. The molecule has 2 aromatic carbocycles. The van der Waals surface area contributed by atoms with Crippen LogP contribution in [0.1, 0.15) is 67.9 Å². The highest BCUT2D eigenvalue weighted by Gasteiger charge is 2.37. The van der Waals surface area contributed by atoms with Gasteiger partial charge in [-0.3, -0.25) is 4.98 Å². The zero-order valence-corrected chi connectivity index (χ0v) is 23.5. The SMILES string of the molecule is CC(C)C[Si](CC(C)C)(CC(C)C)c1ccnc(-c2cc(C(C)(C)C)c3ccccc3c2)c1. The normalized spacial score (nSPS) is 13.0. The lowest BCUT2D eigenvalue weighted by atomic mass is 9.82. The number of rotatable bonds is 8. The summed E-state index contributed by atoms with van der Waals surface area (Å²) >= 11 is 0. The average Bonchev–Trinajstić information content (AvgIpc) is 2.70. The van der Waals surface area contributed by atoms with Gasteiger partial charge in [-0.25, -0.2) is 0 Å².